The second kappa shape index (κ2) is 5.24. The second-order valence-corrected chi connectivity index (χ2v) is 3.77. The van der Waals surface area contributed by atoms with Crippen molar-refractivity contribution in [1.29, 1.82) is 0 Å². The summed E-state index contributed by atoms with van der Waals surface area (Å²) in [5.41, 5.74) is 5.39. The van der Waals surface area contributed by atoms with Crippen LogP contribution >= 0.6 is 0 Å². The lowest BCUT2D eigenvalue weighted by Crippen LogP contribution is -2.47. The molecule has 0 aliphatic rings. The summed E-state index contributed by atoms with van der Waals surface area (Å²) in [7, 11) is 0. The lowest BCUT2D eigenvalue weighted by atomic mass is 10.1. The zero-order chi connectivity index (χ0) is 14.8. The fourth-order valence-corrected chi connectivity index (χ4v) is 1.28. The Morgan fingerprint density at radius 2 is 1.68 bits per heavy atom. The van der Waals surface area contributed by atoms with Gasteiger partial charge in [-0.25, -0.2) is 4.98 Å². The van der Waals surface area contributed by atoms with Crippen molar-refractivity contribution in [3.05, 3.63) is 23.9 Å². The van der Waals surface area contributed by atoms with Gasteiger partial charge in [-0.05, 0) is 13.0 Å². The number of aromatic nitrogens is 1. The van der Waals surface area contributed by atoms with Gasteiger partial charge in [0.1, 0.15) is 0 Å². The first-order chi connectivity index (χ1) is 8.53. The maximum Gasteiger partial charge on any atom is 0.434 e. The van der Waals surface area contributed by atoms with E-state index in [9.17, 15) is 26.3 Å². The van der Waals surface area contributed by atoms with Gasteiger partial charge >= 0.3 is 12.4 Å². The van der Waals surface area contributed by atoms with Crippen molar-refractivity contribution in [3.8, 4) is 5.88 Å². The molecule has 0 spiro atoms. The summed E-state index contributed by atoms with van der Waals surface area (Å²) in [5.74, 6) is -0.780. The minimum absolute atomic E-state index is 0.0407. The Morgan fingerprint density at radius 3 is 2.11 bits per heavy atom. The lowest BCUT2D eigenvalue weighted by Gasteiger charge is -2.24. The Balaban J connectivity index is 3.11. The fraction of sp³-hybridized carbons (Fsp3) is 0.500. The molecule has 9 heteroatoms. The second-order valence-electron chi connectivity index (χ2n) is 3.77. The quantitative estimate of drug-likeness (QED) is 0.870. The zero-order valence-electron chi connectivity index (χ0n) is 9.59. The van der Waals surface area contributed by atoms with E-state index in [1.165, 1.54) is 19.1 Å². The van der Waals surface area contributed by atoms with E-state index in [1.807, 2.05) is 0 Å². The first kappa shape index (κ1) is 15.5. The van der Waals surface area contributed by atoms with Gasteiger partial charge in [0.05, 0.1) is 0 Å². The third-order valence-corrected chi connectivity index (χ3v) is 2.12. The molecule has 0 aliphatic carbocycles. The predicted octanol–water partition coefficient (Wildman–Crippen LogP) is 2.97. The van der Waals surface area contributed by atoms with Crippen molar-refractivity contribution in [1.82, 2.24) is 4.98 Å². The molecule has 2 N–H and O–H groups in total. The Labute approximate surface area is 104 Å². The van der Waals surface area contributed by atoms with Gasteiger partial charge in [0.15, 0.2) is 0 Å². The Morgan fingerprint density at radius 1 is 1.16 bits per heavy atom. The monoisotopic (exact) mass is 288 g/mol. The van der Waals surface area contributed by atoms with Crippen LogP contribution in [0.1, 0.15) is 18.5 Å². The lowest BCUT2D eigenvalue weighted by molar-refractivity contribution is -0.300. The maximum atomic E-state index is 12.3. The van der Waals surface area contributed by atoms with Crippen molar-refractivity contribution in [3.63, 3.8) is 0 Å². The summed E-state index contributed by atoms with van der Waals surface area (Å²) >= 11 is 0. The SMILES string of the molecule is C[C@H](N)c1cccnc1OC(C(F)(F)F)C(F)(F)F. The summed E-state index contributed by atoms with van der Waals surface area (Å²) in [6.07, 6.45) is -14.1. The van der Waals surface area contributed by atoms with E-state index < -0.39 is 30.4 Å². The summed E-state index contributed by atoms with van der Waals surface area (Å²) in [4.78, 5) is 3.36. The highest BCUT2D eigenvalue weighted by Gasteiger charge is 2.59. The van der Waals surface area contributed by atoms with E-state index in [2.05, 4.69) is 9.72 Å². The first-order valence-electron chi connectivity index (χ1n) is 5.04. The Bertz CT molecular complexity index is 415. The highest BCUT2D eigenvalue weighted by molar-refractivity contribution is 5.28. The molecule has 0 aliphatic heterocycles. The van der Waals surface area contributed by atoms with Gasteiger partial charge in [-0.3, -0.25) is 0 Å². The van der Waals surface area contributed by atoms with Gasteiger partial charge in [-0.1, -0.05) is 6.07 Å². The third-order valence-electron chi connectivity index (χ3n) is 2.12. The van der Waals surface area contributed by atoms with Gasteiger partial charge in [0.25, 0.3) is 6.10 Å². The van der Waals surface area contributed by atoms with Crippen LogP contribution in [0.3, 0.4) is 0 Å². The summed E-state index contributed by atoms with van der Waals surface area (Å²) in [6.45, 7) is 1.39. The molecule has 0 unspecified atom stereocenters. The van der Waals surface area contributed by atoms with Crippen molar-refractivity contribution >= 4 is 0 Å². The molecule has 1 atom stereocenters. The summed E-state index contributed by atoms with van der Waals surface area (Å²) < 4.78 is 78.0. The van der Waals surface area contributed by atoms with Crippen LogP contribution in [0.25, 0.3) is 0 Å². The molecule has 0 saturated heterocycles. The number of ether oxygens (including phenoxy) is 1. The number of hydrogen-bond donors (Lipinski definition) is 1. The summed E-state index contributed by atoms with van der Waals surface area (Å²) in [6, 6.07) is 1.77. The molecule has 0 saturated carbocycles. The highest BCUT2D eigenvalue weighted by atomic mass is 19.4. The highest BCUT2D eigenvalue weighted by Crippen LogP contribution is 2.37. The standard InChI is InChI=1S/C10H10F6N2O/c1-5(17)6-3-2-4-18-7(6)19-8(9(11,12)13)10(14,15)16/h2-5,8H,17H2,1H3/t5-/m0/s1. The van der Waals surface area contributed by atoms with Gasteiger partial charge in [0.2, 0.25) is 5.88 Å². The average molecular weight is 288 g/mol. The first-order valence-corrected chi connectivity index (χ1v) is 5.04. The third kappa shape index (κ3) is 3.98. The van der Waals surface area contributed by atoms with Crippen molar-refractivity contribution < 1.29 is 31.1 Å². The molecule has 0 amide bonds. The topological polar surface area (TPSA) is 48.1 Å². The number of pyridine rings is 1. The molecule has 108 valence electrons. The van der Waals surface area contributed by atoms with Crippen molar-refractivity contribution in [2.75, 3.05) is 0 Å². The van der Waals surface area contributed by atoms with Crippen LogP contribution in [0.5, 0.6) is 5.88 Å². The molecule has 1 heterocycles. The van der Waals surface area contributed by atoms with E-state index in [1.54, 1.807) is 0 Å². The normalized spacial score (nSPS) is 14.6. The van der Waals surface area contributed by atoms with Crippen LogP contribution in [0.2, 0.25) is 0 Å². The molecule has 1 aromatic heterocycles. The smallest absolute Gasteiger partial charge is 0.434 e. The minimum Gasteiger partial charge on any atom is -0.454 e. The number of rotatable bonds is 3. The molecular weight excluding hydrogens is 278 g/mol. The number of nitrogens with two attached hydrogens (primary N) is 1. The number of nitrogens with zero attached hydrogens (tertiary/aromatic N) is 1. The van der Waals surface area contributed by atoms with Crippen LogP contribution in [-0.2, 0) is 0 Å². The Kier molecular flexibility index (Phi) is 4.28. The largest absolute Gasteiger partial charge is 0.454 e. The number of alkyl halides is 6. The van der Waals surface area contributed by atoms with Gasteiger partial charge in [-0.15, -0.1) is 0 Å². The molecule has 0 radical (unpaired) electrons. The average Bonchev–Trinajstić information content (AvgIpc) is 2.23. The van der Waals surface area contributed by atoms with E-state index in [-0.39, 0.29) is 5.56 Å². The van der Waals surface area contributed by atoms with Crippen LogP contribution in [0.4, 0.5) is 26.3 Å². The fourth-order valence-electron chi connectivity index (χ4n) is 1.28. The Hall–Kier alpha value is -1.51. The molecule has 0 aromatic carbocycles. The molecule has 0 bridgehead atoms. The van der Waals surface area contributed by atoms with Crippen LogP contribution in [0, 0.1) is 0 Å². The summed E-state index contributed by atoms with van der Waals surface area (Å²) in [5, 5.41) is 0. The van der Waals surface area contributed by atoms with Gasteiger partial charge in [-0.2, -0.15) is 26.3 Å². The van der Waals surface area contributed by atoms with Crippen molar-refractivity contribution in [2.24, 2.45) is 5.73 Å². The van der Waals surface area contributed by atoms with Crippen LogP contribution in [-0.4, -0.2) is 23.4 Å². The van der Waals surface area contributed by atoms with Crippen LogP contribution < -0.4 is 10.5 Å². The van der Waals surface area contributed by atoms with E-state index in [0.29, 0.717) is 0 Å². The predicted molar refractivity (Wildman–Crippen MR) is 53.4 cm³/mol. The molecule has 3 nitrogen and oxygen atoms in total. The molecule has 1 aromatic rings. The van der Waals surface area contributed by atoms with Crippen LogP contribution in [0.15, 0.2) is 18.3 Å². The van der Waals surface area contributed by atoms with E-state index in [4.69, 9.17) is 5.73 Å². The van der Waals surface area contributed by atoms with Crippen molar-refractivity contribution in [2.45, 2.75) is 31.4 Å². The van der Waals surface area contributed by atoms with Gasteiger partial charge in [0, 0.05) is 17.8 Å². The van der Waals surface area contributed by atoms with E-state index >= 15 is 0 Å². The molecule has 19 heavy (non-hydrogen) atoms. The number of halogens is 6. The maximum absolute atomic E-state index is 12.3. The zero-order valence-corrected chi connectivity index (χ0v) is 9.59. The molecular formula is C10H10F6N2O. The number of hydrogen-bond acceptors (Lipinski definition) is 3. The molecule has 0 fully saturated rings. The molecule has 1 rings (SSSR count). The minimum atomic E-state index is -5.59. The van der Waals surface area contributed by atoms with E-state index in [0.717, 1.165) is 6.20 Å². The van der Waals surface area contributed by atoms with Gasteiger partial charge < -0.3 is 10.5 Å².